The number of sulfonamides is 1. The summed E-state index contributed by atoms with van der Waals surface area (Å²) in [5, 5.41) is 8.82. The molecule has 1 aliphatic rings. The molecular formula is C13H15Cl2NO4S. The van der Waals surface area contributed by atoms with E-state index in [9.17, 15) is 13.2 Å². The van der Waals surface area contributed by atoms with E-state index in [1.165, 1.54) is 10.4 Å². The third-order valence-electron chi connectivity index (χ3n) is 3.62. The van der Waals surface area contributed by atoms with E-state index in [4.69, 9.17) is 28.3 Å². The molecule has 21 heavy (non-hydrogen) atoms. The molecule has 0 spiro atoms. The Kier molecular flexibility index (Phi) is 4.82. The normalized spacial score (nSPS) is 19.9. The van der Waals surface area contributed by atoms with Gasteiger partial charge in [0.05, 0.1) is 10.6 Å². The second-order valence-corrected chi connectivity index (χ2v) is 7.56. The van der Waals surface area contributed by atoms with Crippen molar-refractivity contribution >= 4 is 39.2 Å². The maximum absolute atomic E-state index is 12.7. The third kappa shape index (κ3) is 3.04. The fourth-order valence-electron chi connectivity index (χ4n) is 2.57. The summed E-state index contributed by atoms with van der Waals surface area (Å²) in [5.74, 6) is -1.31. The summed E-state index contributed by atoms with van der Waals surface area (Å²) in [6, 6.07) is 2.27. The Labute approximate surface area is 133 Å². The molecule has 1 unspecified atom stereocenters. The lowest BCUT2D eigenvalue weighted by atomic mass is 10.2. The molecule has 8 heteroatoms. The number of halogens is 2. The average molecular weight is 352 g/mol. The van der Waals surface area contributed by atoms with Crippen molar-refractivity contribution in [3.63, 3.8) is 0 Å². The molecule has 0 aromatic heterocycles. The van der Waals surface area contributed by atoms with E-state index in [0.717, 1.165) is 18.9 Å². The first-order valence-electron chi connectivity index (χ1n) is 6.53. The molecule has 0 bridgehead atoms. The number of hydrogen-bond donors (Lipinski definition) is 1. The number of carboxylic acids is 1. The molecular weight excluding hydrogens is 337 g/mol. The summed E-state index contributed by atoms with van der Waals surface area (Å²) in [7, 11) is -3.86. The lowest BCUT2D eigenvalue weighted by molar-refractivity contribution is 0.0697. The van der Waals surface area contributed by atoms with Crippen molar-refractivity contribution in [1.29, 1.82) is 0 Å². The van der Waals surface area contributed by atoms with E-state index in [1.54, 1.807) is 0 Å². The number of carbonyl (C=O) groups is 1. The molecule has 1 fully saturated rings. The van der Waals surface area contributed by atoms with E-state index in [2.05, 4.69) is 0 Å². The average Bonchev–Trinajstić information content (AvgIpc) is 2.89. The van der Waals surface area contributed by atoms with E-state index < -0.39 is 16.0 Å². The molecule has 1 aromatic rings. The van der Waals surface area contributed by atoms with E-state index >= 15 is 0 Å². The highest BCUT2D eigenvalue weighted by atomic mass is 35.5. The van der Waals surface area contributed by atoms with Crippen molar-refractivity contribution in [2.75, 3.05) is 6.54 Å². The van der Waals surface area contributed by atoms with Crippen LogP contribution in [0.15, 0.2) is 17.0 Å². The van der Waals surface area contributed by atoms with Crippen LogP contribution >= 0.6 is 23.2 Å². The van der Waals surface area contributed by atoms with Crippen molar-refractivity contribution in [3.8, 4) is 0 Å². The molecule has 1 aromatic carbocycles. The smallest absolute Gasteiger partial charge is 0.337 e. The number of hydrogen-bond acceptors (Lipinski definition) is 3. The van der Waals surface area contributed by atoms with Gasteiger partial charge in [-0.1, -0.05) is 30.1 Å². The van der Waals surface area contributed by atoms with Gasteiger partial charge in [-0.3, -0.25) is 0 Å². The number of benzene rings is 1. The number of rotatable bonds is 4. The summed E-state index contributed by atoms with van der Waals surface area (Å²) < 4.78 is 26.9. The van der Waals surface area contributed by atoms with Gasteiger partial charge in [0.25, 0.3) is 0 Å². The molecule has 1 saturated heterocycles. The van der Waals surface area contributed by atoms with Gasteiger partial charge in [0.2, 0.25) is 10.0 Å². The number of aromatic carboxylic acids is 1. The molecule has 2 rings (SSSR count). The Morgan fingerprint density at radius 2 is 2.10 bits per heavy atom. The van der Waals surface area contributed by atoms with Crippen molar-refractivity contribution in [2.24, 2.45) is 0 Å². The van der Waals surface area contributed by atoms with Crippen molar-refractivity contribution < 1.29 is 18.3 Å². The SMILES string of the molecule is CCC1CCCN1S(=O)(=O)c1cc(Cl)cc(C(=O)O)c1Cl. The maximum Gasteiger partial charge on any atom is 0.337 e. The largest absolute Gasteiger partial charge is 0.478 e. The predicted molar refractivity (Wildman–Crippen MR) is 80.6 cm³/mol. The topological polar surface area (TPSA) is 74.7 Å². The molecule has 116 valence electrons. The summed E-state index contributed by atoms with van der Waals surface area (Å²) in [5.41, 5.74) is -0.310. The summed E-state index contributed by atoms with van der Waals surface area (Å²) >= 11 is 11.8. The predicted octanol–water partition coefficient (Wildman–Crippen LogP) is 3.25. The first kappa shape index (κ1) is 16.5. The zero-order valence-electron chi connectivity index (χ0n) is 11.3. The molecule has 0 saturated carbocycles. The monoisotopic (exact) mass is 351 g/mol. The molecule has 1 atom stereocenters. The minimum absolute atomic E-state index is 0.0302. The van der Waals surface area contributed by atoms with E-state index in [-0.39, 0.29) is 26.5 Å². The van der Waals surface area contributed by atoms with Crippen molar-refractivity contribution in [2.45, 2.75) is 37.1 Å². The van der Waals surface area contributed by atoms with Crippen molar-refractivity contribution in [1.82, 2.24) is 4.31 Å². The molecule has 1 N–H and O–H groups in total. The molecule has 0 radical (unpaired) electrons. The Balaban J connectivity index is 2.57. The molecule has 1 aliphatic heterocycles. The minimum Gasteiger partial charge on any atom is -0.478 e. The zero-order valence-corrected chi connectivity index (χ0v) is 13.7. The van der Waals surface area contributed by atoms with Crippen LogP contribution in [0.25, 0.3) is 0 Å². The second kappa shape index (κ2) is 6.12. The van der Waals surface area contributed by atoms with Gasteiger partial charge >= 0.3 is 5.97 Å². The summed E-state index contributed by atoms with van der Waals surface area (Å²) in [6.45, 7) is 2.33. The highest BCUT2D eigenvalue weighted by Crippen LogP contribution is 2.35. The van der Waals surface area contributed by atoms with Gasteiger partial charge in [0.1, 0.15) is 4.90 Å². The lowest BCUT2D eigenvalue weighted by Crippen LogP contribution is -2.35. The number of nitrogens with zero attached hydrogens (tertiary/aromatic N) is 1. The standard InChI is InChI=1S/C13H15Cl2NO4S/c1-2-9-4-3-5-16(9)21(19,20)11-7-8(14)6-10(12(11)15)13(17)18/h6-7,9H,2-5H2,1H3,(H,17,18). The Hall–Kier alpha value is -0.820. The fraction of sp³-hybridized carbons (Fsp3) is 0.462. The zero-order chi connectivity index (χ0) is 15.8. The van der Waals surface area contributed by atoms with E-state index in [1.807, 2.05) is 6.92 Å². The van der Waals surface area contributed by atoms with E-state index in [0.29, 0.717) is 13.0 Å². The number of carboxylic acid groups (broad SMARTS) is 1. The van der Waals surface area contributed by atoms with Crippen LogP contribution in [-0.4, -0.2) is 36.4 Å². The van der Waals surface area contributed by atoms with Crippen LogP contribution in [0.1, 0.15) is 36.5 Å². The van der Waals surface area contributed by atoms with Crippen LogP contribution in [-0.2, 0) is 10.0 Å². The molecule has 0 amide bonds. The molecule has 0 aliphatic carbocycles. The van der Waals surface area contributed by atoms with Gasteiger partial charge in [0.15, 0.2) is 0 Å². The van der Waals surface area contributed by atoms with Gasteiger partial charge in [-0.25, -0.2) is 13.2 Å². The Morgan fingerprint density at radius 3 is 2.67 bits per heavy atom. The van der Waals surface area contributed by atoms with Crippen LogP contribution in [0, 0.1) is 0 Å². The molecule has 5 nitrogen and oxygen atoms in total. The van der Waals surface area contributed by atoms with Gasteiger partial charge < -0.3 is 5.11 Å². The Morgan fingerprint density at radius 1 is 1.43 bits per heavy atom. The second-order valence-electron chi connectivity index (χ2n) is 4.89. The summed E-state index contributed by atoms with van der Waals surface area (Å²) in [4.78, 5) is 10.9. The first-order valence-corrected chi connectivity index (χ1v) is 8.72. The van der Waals surface area contributed by atoms with Gasteiger partial charge in [-0.2, -0.15) is 4.31 Å². The van der Waals surface area contributed by atoms with Crippen LogP contribution in [0.5, 0.6) is 0 Å². The third-order valence-corrected chi connectivity index (χ3v) is 6.33. The van der Waals surface area contributed by atoms with Crippen LogP contribution in [0.2, 0.25) is 10.0 Å². The van der Waals surface area contributed by atoms with Crippen molar-refractivity contribution in [3.05, 3.63) is 27.7 Å². The summed E-state index contributed by atoms with van der Waals surface area (Å²) in [6.07, 6.45) is 2.27. The molecule has 1 heterocycles. The van der Waals surface area contributed by atoms with Gasteiger partial charge in [0, 0.05) is 17.6 Å². The quantitative estimate of drug-likeness (QED) is 0.903. The van der Waals surface area contributed by atoms with Crippen LogP contribution in [0.4, 0.5) is 0 Å². The van der Waals surface area contributed by atoms with Gasteiger partial charge in [-0.05, 0) is 31.4 Å². The highest BCUT2D eigenvalue weighted by molar-refractivity contribution is 7.89. The first-order chi connectivity index (χ1) is 9.78. The van der Waals surface area contributed by atoms with Crippen LogP contribution in [0.3, 0.4) is 0 Å². The van der Waals surface area contributed by atoms with Gasteiger partial charge in [-0.15, -0.1) is 0 Å². The van der Waals surface area contributed by atoms with Crippen LogP contribution < -0.4 is 0 Å². The highest BCUT2D eigenvalue weighted by Gasteiger charge is 2.36. The minimum atomic E-state index is -3.86. The Bertz CT molecular complexity index is 675. The fourth-order valence-corrected chi connectivity index (χ4v) is 5.21. The lowest BCUT2D eigenvalue weighted by Gasteiger charge is -2.24. The maximum atomic E-state index is 12.7.